The van der Waals surface area contributed by atoms with Gasteiger partial charge in [-0.1, -0.05) is 48.8 Å². The molecule has 0 saturated heterocycles. The van der Waals surface area contributed by atoms with E-state index >= 15 is 0 Å². The van der Waals surface area contributed by atoms with Crippen LogP contribution in [0, 0.1) is 21.4 Å². The first kappa shape index (κ1) is 14.8. The van der Waals surface area contributed by atoms with Crippen molar-refractivity contribution >= 4 is 21.7 Å². The molecule has 1 rings (SSSR count). The molecule has 0 spiro atoms. The first-order chi connectivity index (χ1) is 8.21. The standard InChI is InChI=1S/C13H16BrNO3/c1-13(2,3)11(8-15(17)18)12(16)9-4-6-10(14)7-5-9/h4-7,11H,8H2,1-3H3/t11-/m0/s1. The number of nitrogens with zero attached hydrogens (tertiary/aromatic N) is 1. The molecule has 0 radical (unpaired) electrons. The molecular formula is C13H16BrNO3. The molecule has 1 atom stereocenters. The summed E-state index contributed by atoms with van der Waals surface area (Å²) in [5, 5.41) is 10.7. The van der Waals surface area contributed by atoms with Gasteiger partial charge in [0.1, 0.15) is 0 Å². The highest BCUT2D eigenvalue weighted by Gasteiger charge is 2.35. The number of nitro groups is 1. The van der Waals surface area contributed by atoms with Gasteiger partial charge in [0.15, 0.2) is 5.78 Å². The summed E-state index contributed by atoms with van der Waals surface area (Å²) in [4.78, 5) is 22.6. The molecule has 18 heavy (non-hydrogen) atoms. The van der Waals surface area contributed by atoms with E-state index in [4.69, 9.17) is 0 Å². The molecule has 4 nitrogen and oxygen atoms in total. The number of carbonyl (C=O) groups excluding carboxylic acids is 1. The molecule has 0 N–H and O–H groups in total. The zero-order valence-electron chi connectivity index (χ0n) is 10.6. The molecular weight excluding hydrogens is 298 g/mol. The first-order valence-corrected chi connectivity index (χ1v) is 6.42. The number of carbonyl (C=O) groups is 1. The van der Waals surface area contributed by atoms with Gasteiger partial charge in [0.25, 0.3) is 0 Å². The van der Waals surface area contributed by atoms with E-state index in [1.165, 1.54) is 0 Å². The Bertz CT molecular complexity index is 448. The van der Waals surface area contributed by atoms with Crippen LogP contribution in [-0.2, 0) is 0 Å². The van der Waals surface area contributed by atoms with Gasteiger partial charge in [0, 0.05) is 15.0 Å². The third-order valence-corrected chi connectivity index (χ3v) is 3.35. The maximum absolute atomic E-state index is 12.3. The van der Waals surface area contributed by atoms with Gasteiger partial charge in [-0.05, 0) is 17.5 Å². The molecule has 98 valence electrons. The Labute approximate surface area is 115 Å². The highest BCUT2D eigenvalue weighted by Crippen LogP contribution is 2.29. The molecule has 0 saturated carbocycles. The van der Waals surface area contributed by atoms with E-state index in [2.05, 4.69) is 15.9 Å². The highest BCUT2D eigenvalue weighted by atomic mass is 79.9. The smallest absolute Gasteiger partial charge is 0.214 e. The predicted octanol–water partition coefficient (Wildman–Crippen LogP) is 3.57. The maximum atomic E-state index is 12.3. The molecule has 0 unspecified atom stereocenters. The van der Waals surface area contributed by atoms with Crippen LogP contribution in [0.25, 0.3) is 0 Å². The van der Waals surface area contributed by atoms with Crippen molar-refractivity contribution in [2.45, 2.75) is 20.8 Å². The number of rotatable bonds is 4. The van der Waals surface area contributed by atoms with Crippen LogP contribution in [0.3, 0.4) is 0 Å². The quantitative estimate of drug-likeness (QED) is 0.485. The third-order valence-electron chi connectivity index (χ3n) is 2.82. The average molecular weight is 314 g/mol. The summed E-state index contributed by atoms with van der Waals surface area (Å²) in [5.74, 6) is -0.791. The van der Waals surface area contributed by atoms with E-state index in [-0.39, 0.29) is 12.3 Å². The average Bonchev–Trinajstić information content (AvgIpc) is 2.24. The molecule has 0 aliphatic carbocycles. The van der Waals surface area contributed by atoms with Crippen LogP contribution < -0.4 is 0 Å². The summed E-state index contributed by atoms with van der Waals surface area (Å²) in [6.45, 7) is 5.20. The first-order valence-electron chi connectivity index (χ1n) is 5.63. The van der Waals surface area contributed by atoms with Crippen molar-refractivity contribution in [3.8, 4) is 0 Å². The van der Waals surface area contributed by atoms with Crippen molar-refractivity contribution in [2.75, 3.05) is 6.54 Å². The largest absolute Gasteiger partial charge is 0.294 e. The number of benzene rings is 1. The van der Waals surface area contributed by atoms with E-state index in [1.54, 1.807) is 24.3 Å². The minimum atomic E-state index is -0.617. The van der Waals surface area contributed by atoms with Crippen LogP contribution in [0.5, 0.6) is 0 Å². The Morgan fingerprint density at radius 1 is 1.33 bits per heavy atom. The van der Waals surface area contributed by atoms with Gasteiger partial charge in [0.05, 0.1) is 5.92 Å². The summed E-state index contributed by atoms with van der Waals surface area (Å²) in [6.07, 6.45) is 0. The SMILES string of the molecule is CC(C)(C)[C@@H](C[N+](=O)[O-])C(=O)c1ccc(Br)cc1. The van der Waals surface area contributed by atoms with Crippen molar-refractivity contribution in [2.24, 2.45) is 11.3 Å². The van der Waals surface area contributed by atoms with Crippen molar-refractivity contribution in [1.29, 1.82) is 0 Å². The lowest BCUT2D eigenvalue weighted by atomic mass is 9.76. The fraction of sp³-hybridized carbons (Fsp3) is 0.462. The lowest BCUT2D eigenvalue weighted by Crippen LogP contribution is -2.34. The lowest BCUT2D eigenvalue weighted by Gasteiger charge is -2.26. The molecule has 0 aromatic heterocycles. The van der Waals surface area contributed by atoms with E-state index < -0.39 is 16.3 Å². The van der Waals surface area contributed by atoms with Crippen LogP contribution in [0.2, 0.25) is 0 Å². The minimum Gasteiger partial charge on any atom is -0.294 e. The minimum absolute atomic E-state index is 0.174. The summed E-state index contributed by atoms with van der Waals surface area (Å²) in [6, 6.07) is 6.90. The number of halogens is 1. The number of hydrogen-bond donors (Lipinski definition) is 0. The summed E-state index contributed by atoms with van der Waals surface area (Å²) in [5.41, 5.74) is 0.0806. The second-order valence-corrected chi connectivity index (χ2v) is 6.22. The van der Waals surface area contributed by atoms with Crippen LogP contribution in [0.4, 0.5) is 0 Å². The molecule has 1 aromatic carbocycles. The van der Waals surface area contributed by atoms with Gasteiger partial charge in [0.2, 0.25) is 6.54 Å². The van der Waals surface area contributed by atoms with Gasteiger partial charge in [-0.25, -0.2) is 0 Å². The third kappa shape index (κ3) is 3.91. The second-order valence-electron chi connectivity index (χ2n) is 5.31. The van der Waals surface area contributed by atoms with Crippen molar-refractivity contribution in [3.05, 3.63) is 44.4 Å². The van der Waals surface area contributed by atoms with Gasteiger partial charge >= 0.3 is 0 Å². The lowest BCUT2D eigenvalue weighted by molar-refractivity contribution is -0.488. The van der Waals surface area contributed by atoms with E-state index in [0.29, 0.717) is 5.56 Å². The maximum Gasteiger partial charge on any atom is 0.214 e. The topological polar surface area (TPSA) is 60.2 Å². The summed E-state index contributed by atoms with van der Waals surface area (Å²) < 4.78 is 0.876. The Hall–Kier alpha value is -1.23. The van der Waals surface area contributed by atoms with E-state index in [0.717, 1.165) is 4.47 Å². The zero-order valence-corrected chi connectivity index (χ0v) is 12.2. The number of hydrogen-bond acceptors (Lipinski definition) is 3. The second kappa shape index (κ2) is 5.61. The van der Waals surface area contributed by atoms with Crippen molar-refractivity contribution < 1.29 is 9.72 Å². The van der Waals surface area contributed by atoms with Crippen LogP contribution in [0.1, 0.15) is 31.1 Å². The Morgan fingerprint density at radius 2 is 1.83 bits per heavy atom. The fourth-order valence-corrected chi connectivity index (χ4v) is 1.98. The molecule has 0 aliphatic rings. The fourth-order valence-electron chi connectivity index (χ4n) is 1.71. The van der Waals surface area contributed by atoms with Crippen LogP contribution in [-0.4, -0.2) is 17.3 Å². The molecule has 5 heteroatoms. The molecule has 0 aliphatic heterocycles. The zero-order chi connectivity index (χ0) is 13.9. The van der Waals surface area contributed by atoms with Crippen LogP contribution >= 0.6 is 15.9 Å². The summed E-state index contributed by atoms with van der Waals surface area (Å²) >= 11 is 3.29. The Kier molecular flexibility index (Phi) is 4.62. The Morgan fingerprint density at radius 3 is 2.22 bits per heavy atom. The predicted molar refractivity (Wildman–Crippen MR) is 73.3 cm³/mol. The van der Waals surface area contributed by atoms with Gasteiger partial charge in [-0.3, -0.25) is 14.9 Å². The summed E-state index contributed by atoms with van der Waals surface area (Å²) in [7, 11) is 0. The number of ketones is 1. The van der Waals surface area contributed by atoms with Gasteiger partial charge < -0.3 is 0 Å². The van der Waals surface area contributed by atoms with Gasteiger partial charge in [-0.2, -0.15) is 0 Å². The van der Waals surface area contributed by atoms with E-state index in [1.807, 2.05) is 20.8 Å². The van der Waals surface area contributed by atoms with Crippen molar-refractivity contribution in [3.63, 3.8) is 0 Å². The monoisotopic (exact) mass is 313 g/mol. The van der Waals surface area contributed by atoms with Crippen LogP contribution in [0.15, 0.2) is 28.7 Å². The molecule has 0 bridgehead atoms. The molecule has 0 amide bonds. The molecule has 0 fully saturated rings. The number of Topliss-reactive ketones (excluding diaryl/α,β-unsaturated/α-hetero) is 1. The highest BCUT2D eigenvalue weighted by molar-refractivity contribution is 9.10. The molecule has 0 heterocycles. The Balaban J connectivity index is 3.02. The molecule has 1 aromatic rings. The van der Waals surface area contributed by atoms with E-state index in [9.17, 15) is 14.9 Å². The normalized spacial score (nSPS) is 13.1. The van der Waals surface area contributed by atoms with Gasteiger partial charge in [-0.15, -0.1) is 0 Å². The van der Waals surface area contributed by atoms with Crippen molar-refractivity contribution in [1.82, 2.24) is 0 Å².